The van der Waals surface area contributed by atoms with Gasteiger partial charge in [-0.2, -0.15) is 12.6 Å². The van der Waals surface area contributed by atoms with Crippen molar-refractivity contribution in [2.24, 2.45) is 17.3 Å². The molecule has 3 heteroatoms. The van der Waals surface area contributed by atoms with E-state index >= 15 is 0 Å². The summed E-state index contributed by atoms with van der Waals surface area (Å²) in [6, 6.07) is 0. The lowest BCUT2D eigenvalue weighted by molar-refractivity contribution is -0.128. The first kappa shape index (κ1) is 14.9. The zero-order valence-electron chi connectivity index (χ0n) is 11.7. The van der Waals surface area contributed by atoms with Crippen LogP contribution in [0.15, 0.2) is 0 Å². The molecule has 0 bridgehead atoms. The second-order valence-corrected chi connectivity index (χ2v) is 6.77. The summed E-state index contributed by atoms with van der Waals surface area (Å²) in [6.45, 7) is 10.7. The second-order valence-electron chi connectivity index (χ2n) is 6.40. The third-order valence-corrected chi connectivity index (χ3v) is 4.32. The van der Waals surface area contributed by atoms with Crippen LogP contribution in [0.2, 0.25) is 0 Å². The van der Waals surface area contributed by atoms with Gasteiger partial charge in [-0.05, 0) is 29.4 Å². The molecular formula is C14H27NOS. The Hall–Kier alpha value is -0.180. The highest BCUT2D eigenvalue weighted by Gasteiger charge is 2.33. The first-order valence-electron chi connectivity index (χ1n) is 6.77. The Bertz CT molecular complexity index is 259. The van der Waals surface area contributed by atoms with E-state index in [1.165, 1.54) is 12.8 Å². The van der Waals surface area contributed by atoms with E-state index in [4.69, 9.17) is 0 Å². The fraction of sp³-hybridized carbons (Fsp3) is 0.929. The van der Waals surface area contributed by atoms with Crippen LogP contribution in [-0.4, -0.2) is 29.6 Å². The van der Waals surface area contributed by atoms with Gasteiger partial charge in [0.05, 0.1) is 0 Å². The minimum atomic E-state index is 0.227. The van der Waals surface area contributed by atoms with Crippen molar-refractivity contribution in [3.05, 3.63) is 0 Å². The van der Waals surface area contributed by atoms with E-state index in [2.05, 4.69) is 45.2 Å². The van der Waals surface area contributed by atoms with Crippen LogP contribution in [0.1, 0.15) is 47.0 Å². The molecule has 0 aromatic carbocycles. The average Bonchev–Trinajstić information content (AvgIpc) is 2.54. The van der Waals surface area contributed by atoms with Gasteiger partial charge in [-0.1, -0.05) is 34.1 Å². The van der Waals surface area contributed by atoms with Gasteiger partial charge in [0.2, 0.25) is 5.91 Å². The Morgan fingerprint density at radius 2 is 2.12 bits per heavy atom. The van der Waals surface area contributed by atoms with E-state index < -0.39 is 0 Å². The predicted octanol–water partition coefficient (Wildman–Crippen LogP) is 3.23. The summed E-state index contributed by atoms with van der Waals surface area (Å²) >= 11 is 4.44. The summed E-state index contributed by atoms with van der Waals surface area (Å²) in [4.78, 5) is 14.0. The van der Waals surface area contributed by atoms with Crippen molar-refractivity contribution >= 4 is 18.5 Å². The van der Waals surface area contributed by atoms with Crippen LogP contribution >= 0.6 is 12.6 Å². The van der Waals surface area contributed by atoms with Crippen LogP contribution in [0, 0.1) is 17.3 Å². The molecule has 2 unspecified atom stereocenters. The quantitative estimate of drug-likeness (QED) is 0.750. The van der Waals surface area contributed by atoms with Gasteiger partial charge >= 0.3 is 0 Å². The maximum atomic E-state index is 11.9. The summed E-state index contributed by atoms with van der Waals surface area (Å²) in [7, 11) is 0. The Balaban J connectivity index is 2.54. The molecule has 0 aromatic rings. The highest BCUT2D eigenvalue weighted by atomic mass is 32.1. The van der Waals surface area contributed by atoms with Crippen molar-refractivity contribution in [3.8, 4) is 0 Å². The molecule has 1 heterocycles. The molecule has 1 amide bonds. The van der Waals surface area contributed by atoms with Crippen LogP contribution in [0.25, 0.3) is 0 Å². The SMILES string of the molecule is CCCC1CC(=O)N(CC(CS)C(C)(C)C)C1. The van der Waals surface area contributed by atoms with Crippen molar-refractivity contribution in [1.29, 1.82) is 0 Å². The lowest BCUT2D eigenvalue weighted by Crippen LogP contribution is -2.37. The molecule has 17 heavy (non-hydrogen) atoms. The summed E-state index contributed by atoms with van der Waals surface area (Å²) in [5.41, 5.74) is 0.227. The number of carbonyl (C=O) groups is 1. The van der Waals surface area contributed by atoms with Gasteiger partial charge in [0.25, 0.3) is 0 Å². The molecule has 1 fully saturated rings. The van der Waals surface area contributed by atoms with Gasteiger partial charge in [0.15, 0.2) is 0 Å². The van der Waals surface area contributed by atoms with Crippen LogP contribution in [0.3, 0.4) is 0 Å². The molecular weight excluding hydrogens is 230 g/mol. The largest absolute Gasteiger partial charge is 0.342 e. The van der Waals surface area contributed by atoms with E-state index in [1.54, 1.807) is 0 Å². The molecule has 0 aromatic heterocycles. The van der Waals surface area contributed by atoms with Gasteiger partial charge in [-0.15, -0.1) is 0 Å². The number of hydrogen-bond donors (Lipinski definition) is 1. The van der Waals surface area contributed by atoms with Crippen LogP contribution in [0.5, 0.6) is 0 Å². The standard InChI is InChI=1S/C14H27NOS/c1-5-6-11-7-13(16)15(8-11)9-12(10-17)14(2,3)4/h11-12,17H,5-10H2,1-4H3. The number of rotatable bonds is 5. The van der Waals surface area contributed by atoms with E-state index in [1.807, 2.05) is 0 Å². The molecule has 2 atom stereocenters. The number of amides is 1. The van der Waals surface area contributed by atoms with Crippen LogP contribution in [0.4, 0.5) is 0 Å². The predicted molar refractivity (Wildman–Crippen MR) is 76.4 cm³/mol. The Morgan fingerprint density at radius 1 is 1.47 bits per heavy atom. The fourth-order valence-corrected chi connectivity index (χ4v) is 3.17. The van der Waals surface area contributed by atoms with Crippen molar-refractivity contribution in [2.45, 2.75) is 47.0 Å². The minimum Gasteiger partial charge on any atom is -0.342 e. The molecule has 0 aliphatic carbocycles. The average molecular weight is 257 g/mol. The Kier molecular flexibility index (Phi) is 5.36. The fourth-order valence-electron chi connectivity index (χ4n) is 2.50. The number of nitrogens with zero attached hydrogens (tertiary/aromatic N) is 1. The van der Waals surface area contributed by atoms with Crippen molar-refractivity contribution in [2.75, 3.05) is 18.8 Å². The molecule has 2 nitrogen and oxygen atoms in total. The topological polar surface area (TPSA) is 20.3 Å². The molecule has 1 aliphatic rings. The summed E-state index contributed by atoms with van der Waals surface area (Å²) in [5, 5.41) is 0. The van der Waals surface area contributed by atoms with E-state index in [0.717, 1.165) is 25.3 Å². The Morgan fingerprint density at radius 3 is 2.59 bits per heavy atom. The van der Waals surface area contributed by atoms with E-state index in [-0.39, 0.29) is 5.41 Å². The van der Waals surface area contributed by atoms with E-state index in [0.29, 0.717) is 17.7 Å². The molecule has 0 radical (unpaired) electrons. The van der Waals surface area contributed by atoms with Gasteiger partial charge in [0.1, 0.15) is 0 Å². The van der Waals surface area contributed by atoms with Crippen molar-refractivity contribution < 1.29 is 4.79 Å². The normalized spacial score (nSPS) is 23.2. The molecule has 1 aliphatic heterocycles. The van der Waals surface area contributed by atoms with Crippen molar-refractivity contribution in [3.63, 3.8) is 0 Å². The maximum Gasteiger partial charge on any atom is 0.222 e. The minimum absolute atomic E-state index is 0.227. The molecule has 100 valence electrons. The summed E-state index contributed by atoms with van der Waals surface area (Å²) in [6.07, 6.45) is 3.13. The van der Waals surface area contributed by atoms with Crippen LogP contribution < -0.4 is 0 Å². The maximum absolute atomic E-state index is 11.9. The first-order valence-corrected chi connectivity index (χ1v) is 7.40. The molecule has 0 spiro atoms. The highest BCUT2D eigenvalue weighted by molar-refractivity contribution is 7.80. The lowest BCUT2D eigenvalue weighted by Gasteiger charge is -2.33. The van der Waals surface area contributed by atoms with Gasteiger partial charge in [-0.3, -0.25) is 4.79 Å². The zero-order valence-corrected chi connectivity index (χ0v) is 12.6. The third kappa shape index (κ3) is 4.20. The van der Waals surface area contributed by atoms with Gasteiger partial charge in [-0.25, -0.2) is 0 Å². The molecule has 0 saturated carbocycles. The number of thiol groups is 1. The number of hydrogen-bond acceptors (Lipinski definition) is 2. The van der Waals surface area contributed by atoms with Crippen LogP contribution in [-0.2, 0) is 4.79 Å². The Labute approximate surface area is 112 Å². The van der Waals surface area contributed by atoms with E-state index in [9.17, 15) is 4.79 Å². The molecule has 1 rings (SSSR count). The number of carbonyl (C=O) groups excluding carboxylic acids is 1. The smallest absolute Gasteiger partial charge is 0.222 e. The van der Waals surface area contributed by atoms with Gasteiger partial charge < -0.3 is 4.90 Å². The second kappa shape index (κ2) is 6.12. The highest BCUT2D eigenvalue weighted by Crippen LogP contribution is 2.30. The zero-order chi connectivity index (χ0) is 13.1. The number of likely N-dealkylation sites (tertiary alicyclic amines) is 1. The third-order valence-electron chi connectivity index (χ3n) is 3.88. The lowest BCUT2D eigenvalue weighted by atomic mass is 9.81. The van der Waals surface area contributed by atoms with Gasteiger partial charge in [0, 0.05) is 19.5 Å². The first-order chi connectivity index (χ1) is 7.88. The van der Waals surface area contributed by atoms with Crippen molar-refractivity contribution in [1.82, 2.24) is 4.90 Å². The summed E-state index contributed by atoms with van der Waals surface area (Å²) < 4.78 is 0. The molecule has 0 N–H and O–H groups in total. The monoisotopic (exact) mass is 257 g/mol. The molecule has 1 saturated heterocycles. The summed E-state index contributed by atoms with van der Waals surface area (Å²) in [5.74, 6) is 2.27.